The molecular weight excluding hydrogens is 222 g/mol. The zero-order valence-corrected chi connectivity index (χ0v) is 9.11. The molecule has 0 aromatic rings. The molecule has 0 spiro atoms. The number of carbonyl (C=O) groups excluding carboxylic acids is 1. The van der Waals surface area contributed by atoms with E-state index in [0.29, 0.717) is 0 Å². The first-order valence-electron chi connectivity index (χ1n) is 4.14. The number of nitrogens with one attached hydrogen (secondary N) is 1. The highest BCUT2D eigenvalue weighted by atomic mass is 32.2. The van der Waals surface area contributed by atoms with E-state index in [0.717, 1.165) is 16.5 Å². The molecule has 0 atom stereocenters. The van der Waals surface area contributed by atoms with Crippen LogP contribution in [0.3, 0.4) is 0 Å². The summed E-state index contributed by atoms with van der Waals surface area (Å²) in [7, 11) is -2.17. The Morgan fingerprint density at radius 2 is 2.33 bits per heavy atom. The number of nitrogens with zero attached hydrogens (tertiary/aromatic N) is 2. The first-order chi connectivity index (χ1) is 7.00. The van der Waals surface area contributed by atoms with Gasteiger partial charge in [0.05, 0.1) is 12.0 Å². The van der Waals surface area contributed by atoms with Crippen molar-refractivity contribution in [3.05, 3.63) is 11.6 Å². The molecule has 1 aliphatic heterocycles. The minimum atomic E-state index is -3.54. The molecule has 7 nitrogen and oxygen atoms in total. The van der Waals surface area contributed by atoms with Gasteiger partial charge in [-0.05, 0) is 6.92 Å². The molecule has 84 valence electrons. The fourth-order valence-corrected chi connectivity index (χ4v) is 1.71. The predicted molar refractivity (Wildman–Crippen MR) is 53.4 cm³/mol. The molecule has 0 aromatic heterocycles. The molecular formula is C7H11N3O4S. The van der Waals surface area contributed by atoms with Gasteiger partial charge in [0.1, 0.15) is 0 Å². The minimum absolute atomic E-state index is 0.0871. The first-order valence-corrected chi connectivity index (χ1v) is 5.68. The van der Waals surface area contributed by atoms with Crippen LogP contribution < -0.4 is 4.72 Å². The summed E-state index contributed by atoms with van der Waals surface area (Å²) in [5.41, 5.74) is 0. The highest BCUT2D eigenvalue weighted by Crippen LogP contribution is 2.05. The van der Waals surface area contributed by atoms with Gasteiger partial charge in [-0.1, -0.05) is 0 Å². The lowest BCUT2D eigenvalue weighted by Gasteiger charge is -2.22. The highest BCUT2D eigenvalue weighted by molar-refractivity contribution is 7.93. The monoisotopic (exact) mass is 233 g/mol. The number of rotatable bonds is 1. The summed E-state index contributed by atoms with van der Waals surface area (Å²) in [6.45, 7) is 1.85. The standard InChI is InChI=1S/C7H11N3O4S/c1-3-14-7(11)10-4-5-15(12,13)9-6(10)8-2/h4-5H,3H2,1-2H3,(H,8,9). The SMILES string of the molecule is CCOC(=O)N1C=CS(=O)(=O)NC1=NC. The van der Waals surface area contributed by atoms with Gasteiger partial charge in [0.15, 0.2) is 0 Å². The number of carbonyl (C=O) groups is 1. The Kier molecular flexibility index (Phi) is 3.30. The molecule has 0 saturated heterocycles. The number of sulfonamides is 1. The van der Waals surface area contributed by atoms with Crippen molar-refractivity contribution in [3.63, 3.8) is 0 Å². The van der Waals surface area contributed by atoms with E-state index in [9.17, 15) is 13.2 Å². The topological polar surface area (TPSA) is 88.1 Å². The fraction of sp³-hybridized carbons (Fsp3) is 0.429. The zero-order valence-electron chi connectivity index (χ0n) is 8.30. The summed E-state index contributed by atoms with van der Waals surface area (Å²) < 4.78 is 29.0. The van der Waals surface area contributed by atoms with E-state index in [1.165, 1.54) is 7.05 Å². The molecule has 8 heteroatoms. The van der Waals surface area contributed by atoms with Crippen LogP contribution in [0, 0.1) is 0 Å². The Hall–Kier alpha value is -1.57. The van der Waals surface area contributed by atoms with Crippen molar-refractivity contribution < 1.29 is 17.9 Å². The predicted octanol–water partition coefficient (Wildman–Crippen LogP) is -0.165. The van der Waals surface area contributed by atoms with Crippen LogP contribution in [0.4, 0.5) is 4.79 Å². The lowest BCUT2D eigenvalue weighted by molar-refractivity contribution is 0.137. The van der Waals surface area contributed by atoms with E-state index in [2.05, 4.69) is 9.71 Å². The second kappa shape index (κ2) is 4.30. The fourth-order valence-electron chi connectivity index (χ4n) is 0.916. The highest BCUT2D eigenvalue weighted by Gasteiger charge is 2.25. The Balaban J connectivity index is 2.96. The zero-order chi connectivity index (χ0) is 11.5. The maximum atomic E-state index is 11.3. The number of guanidine groups is 1. The third-order valence-electron chi connectivity index (χ3n) is 1.53. The molecule has 0 bridgehead atoms. The molecule has 0 aliphatic carbocycles. The van der Waals surface area contributed by atoms with Crippen LogP contribution >= 0.6 is 0 Å². The lowest BCUT2D eigenvalue weighted by Crippen LogP contribution is -2.47. The van der Waals surface area contributed by atoms with Crippen molar-refractivity contribution in [2.75, 3.05) is 13.7 Å². The number of amides is 1. The normalized spacial score (nSPS) is 21.2. The quantitative estimate of drug-likeness (QED) is 0.681. The van der Waals surface area contributed by atoms with Gasteiger partial charge in [0.25, 0.3) is 10.0 Å². The van der Waals surface area contributed by atoms with E-state index in [1.807, 2.05) is 0 Å². The Bertz CT molecular complexity index is 412. The van der Waals surface area contributed by atoms with Crippen molar-refractivity contribution in [1.29, 1.82) is 0 Å². The molecule has 0 aromatic carbocycles. The van der Waals surface area contributed by atoms with Crippen molar-refractivity contribution in [3.8, 4) is 0 Å². The summed E-state index contributed by atoms with van der Waals surface area (Å²) in [6, 6.07) is 0. The van der Waals surface area contributed by atoms with Gasteiger partial charge in [0.2, 0.25) is 5.96 Å². The number of ether oxygens (including phenoxy) is 1. The van der Waals surface area contributed by atoms with E-state index in [4.69, 9.17) is 4.74 Å². The van der Waals surface area contributed by atoms with Crippen molar-refractivity contribution in [1.82, 2.24) is 9.62 Å². The summed E-state index contributed by atoms with van der Waals surface area (Å²) in [5.74, 6) is -0.0871. The molecule has 1 aliphatic rings. The van der Waals surface area contributed by atoms with Gasteiger partial charge in [-0.15, -0.1) is 0 Å². The van der Waals surface area contributed by atoms with Crippen molar-refractivity contribution >= 4 is 22.1 Å². The van der Waals surface area contributed by atoms with E-state index in [-0.39, 0.29) is 12.6 Å². The Morgan fingerprint density at radius 3 is 2.87 bits per heavy atom. The molecule has 15 heavy (non-hydrogen) atoms. The molecule has 1 N–H and O–H groups in total. The van der Waals surface area contributed by atoms with Gasteiger partial charge in [0, 0.05) is 13.2 Å². The van der Waals surface area contributed by atoms with Gasteiger partial charge in [-0.2, -0.15) is 0 Å². The van der Waals surface area contributed by atoms with Crippen LogP contribution in [0.25, 0.3) is 0 Å². The molecule has 0 fully saturated rings. The van der Waals surface area contributed by atoms with Gasteiger partial charge < -0.3 is 4.74 Å². The Morgan fingerprint density at radius 1 is 1.67 bits per heavy atom. The van der Waals surface area contributed by atoms with Crippen molar-refractivity contribution in [2.45, 2.75) is 6.92 Å². The average Bonchev–Trinajstić information content (AvgIpc) is 2.16. The molecule has 1 amide bonds. The van der Waals surface area contributed by atoms with E-state index in [1.54, 1.807) is 6.92 Å². The molecule has 0 radical (unpaired) electrons. The van der Waals surface area contributed by atoms with Gasteiger partial charge in [-0.3, -0.25) is 4.99 Å². The third-order valence-corrected chi connectivity index (χ3v) is 2.47. The minimum Gasteiger partial charge on any atom is -0.449 e. The lowest BCUT2D eigenvalue weighted by atomic mass is 10.7. The number of hydrogen-bond acceptors (Lipinski definition) is 5. The number of aliphatic imine (C=N–C) groups is 1. The summed E-state index contributed by atoms with van der Waals surface area (Å²) in [6.07, 6.45) is 0.406. The maximum absolute atomic E-state index is 11.3. The molecule has 1 rings (SSSR count). The molecule has 0 unspecified atom stereocenters. The van der Waals surface area contributed by atoms with Gasteiger partial charge >= 0.3 is 6.09 Å². The average molecular weight is 233 g/mol. The van der Waals surface area contributed by atoms with Crippen LogP contribution in [0.2, 0.25) is 0 Å². The second-order valence-corrected chi connectivity index (χ2v) is 4.11. The summed E-state index contributed by atoms with van der Waals surface area (Å²) in [4.78, 5) is 15.9. The van der Waals surface area contributed by atoms with Crippen LogP contribution in [-0.2, 0) is 14.8 Å². The van der Waals surface area contributed by atoms with Crippen LogP contribution in [0.1, 0.15) is 6.92 Å². The summed E-state index contributed by atoms with van der Waals surface area (Å²) >= 11 is 0. The first kappa shape index (κ1) is 11.5. The van der Waals surface area contributed by atoms with Gasteiger partial charge in [-0.25, -0.2) is 22.8 Å². The summed E-state index contributed by atoms with van der Waals surface area (Å²) in [5, 5.41) is 0.860. The number of hydrogen-bond donors (Lipinski definition) is 1. The third kappa shape index (κ3) is 2.69. The second-order valence-electron chi connectivity index (χ2n) is 2.55. The van der Waals surface area contributed by atoms with Crippen LogP contribution in [0.5, 0.6) is 0 Å². The van der Waals surface area contributed by atoms with E-state index >= 15 is 0 Å². The van der Waals surface area contributed by atoms with E-state index < -0.39 is 16.1 Å². The van der Waals surface area contributed by atoms with Crippen LogP contribution in [-0.4, -0.2) is 39.0 Å². The smallest absolute Gasteiger partial charge is 0.420 e. The molecule has 1 heterocycles. The van der Waals surface area contributed by atoms with Crippen molar-refractivity contribution in [2.24, 2.45) is 4.99 Å². The Labute approximate surface area is 87.5 Å². The maximum Gasteiger partial charge on any atom is 0.420 e. The van der Waals surface area contributed by atoms with Crippen LogP contribution in [0.15, 0.2) is 16.6 Å². The largest absolute Gasteiger partial charge is 0.449 e. The molecule has 0 saturated carbocycles.